The van der Waals surface area contributed by atoms with Gasteiger partial charge in [-0.25, -0.2) is 8.78 Å². The Labute approximate surface area is 244 Å². The standard InChI is InChI=1S/C33H34F2N4O3/c1-38(2)18-16-36-30(40)25-13-14-33(21-25)15-17-39(29-6-4-3-5-24(29)20-33)32(42)23-9-7-22(8-10-23)31(41)37-28-19-26(34)11-12-27(28)35/h3-12,19,21H,13-18,20H2,1-2H3,(H,36,40)(H,37,41). The molecule has 3 amide bonds. The van der Waals surface area contributed by atoms with Crippen LogP contribution in [0.15, 0.2) is 78.4 Å². The van der Waals surface area contributed by atoms with Gasteiger partial charge in [-0.1, -0.05) is 24.3 Å². The van der Waals surface area contributed by atoms with Crippen molar-refractivity contribution in [3.8, 4) is 0 Å². The fourth-order valence-corrected chi connectivity index (χ4v) is 5.68. The highest BCUT2D eigenvalue weighted by Crippen LogP contribution is 2.46. The van der Waals surface area contributed by atoms with Gasteiger partial charge in [-0.05, 0) is 93.2 Å². The first-order valence-corrected chi connectivity index (χ1v) is 14.0. The number of anilines is 2. The molecule has 0 saturated heterocycles. The van der Waals surface area contributed by atoms with E-state index in [1.54, 1.807) is 17.0 Å². The topological polar surface area (TPSA) is 81.8 Å². The molecule has 0 bridgehead atoms. The molecule has 1 aliphatic heterocycles. The van der Waals surface area contributed by atoms with Crippen LogP contribution >= 0.6 is 0 Å². The van der Waals surface area contributed by atoms with E-state index in [0.29, 0.717) is 31.5 Å². The second-order valence-electron chi connectivity index (χ2n) is 11.3. The van der Waals surface area contributed by atoms with Gasteiger partial charge in [-0.2, -0.15) is 0 Å². The van der Waals surface area contributed by atoms with Crippen molar-refractivity contribution in [2.24, 2.45) is 5.41 Å². The number of carbonyl (C=O) groups is 3. The predicted octanol–water partition coefficient (Wildman–Crippen LogP) is 5.19. The molecule has 5 rings (SSSR count). The molecule has 2 aliphatic rings. The number of carbonyl (C=O) groups excluding carboxylic acids is 3. The molecule has 0 fully saturated rings. The monoisotopic (exact) mass is 572 g/mol. The quantitative estimate of drug-likeness (QED) is 0.408. The summed E-state index contributed by atoms with van der Waals surface area (Å²) in [6.45, 7) is 1.83. The van der Waals surface area contributed by atoms with E-state index in [4.69, 9.17) is 0 Å². The van der Waals surface area contributed by atoms with E-state index in [2.05, 4.69) is 16.7 Å². The fraction of sp³-hybridized carbons (Fsp3) is 0.303. The average Bonchev–Trinajstić information content (AvgIpc) is 3.31. The SMILES string of the molecule is CN(C)CCNC(=O)C1=CC2(CC1)CCN(C(=O)c1ccc(C(=O)Nc3cc(F)ccc3F)cc1)c1ccccc1C2. The summed E-state index contributed by atoms with van der Waals surface area (Å²) in [5.41, 5.74) is 2.81. The molecule has 1 aliphatic carbocycles. The Morgan fingerprint density at radius 3 is 2.43 bits per heavy atom. The number of fused-ring (bicyclic) bond motifs is 1. The predicted molar refractivity (Wildman–Crippen MR) is 159 cm³/mol. The number of rotatable bonds is 7. The zero-order valence-electron chi connectivity index (χ0n) is 23.8. The lowest BCUT2D eigenvalue weighted by Gasteiger charge is -2.26. The molecule has 0 radical (unpaired) electrons. The summed E-state index contributed by atoms with van der Waals surface area (Å²) >= 11 is 0. The van der Waals surface area contributed by atoms with Crippen molar-refractivity contribution in [2.75, 3.05) is 43.9 Å². The average molecular weight is 573 g/mol. The van der Waals surface area contributed by atoms with Crippen molar-refractivity contribution in [2.45, 2.75) is 25.7 Å². The van der Waals surface area contributed by atoms with E-state index >= 15 is 0 Å². The van der Waals surface area contributed by atoms with Gasteiger partial charge < -0.3 is 20.4 Å². The Hall–Kier alpha value is -4.37. The number of nitrogens with one attached hydrogen (secondary N) is 2. The van der Waals surface area contributed by atoms with Crippen LogP contribution < -0.4 is 15.5 Å². The number of hydrogen-bond acceptors (Lipinski definition) is 4. The van der Waals surface area contributed by atoms with Crippen molar-refractivity contribution in [1.29, 1.82) is 0 Å². The molecular weight excluding hydrogens is 538 g/mol. The second-order valence-corrected chi connectivity index (χ2v) is 11.3. The Kier molecular flexibility index (Phi) is 8.49. The lowest BCUT2D eigenvalue weighted by molar-refractivity contribution is -0.117. The molecule has 1 atom stereocenters. The Morgan fingerprint density at radius 2 is 1.67 bits per heavy atom. The first-order valence-electron chi connectivity index (χ1n) is 14.0. The van der Waals surface area contributed by atoms with Crippen LogP contribution in [-0.4, -0.2) is 56.4 Å². The smallest absolute Gasteiger partial charge is 0.258 e. The van der Waals surface area contributed by atoms with Crippen molar-refractivity contribution in [1.82, 2.24) is 10.2 Å². The van der Waals surface area contributed by atoms with Crippen LogP contribution in [0.2, 0.25) is 0 Å². The highest BCUT2D eigenvalue weighted by atomic mass is 19.1. The van der Waals surface area contributed by atoms with E-state index in [-0.39, 0.29) is 28.5 Å². The van der Waals surface area contributed by atoms with E-state index < -0.39 is 17.5 Å². The molecule has 7 nitrogen and oxygen atoms in total. The minimum Gasteiger partial charge on any atom is -0.351 e. The molecule has 2 N–H and O–H groups in total. The van der Waals surface area contributed by atoms with Gasteiger partial charge in [0.25, 0.3) is 11.8 Å². The number of hydrogen-bond donors (Lipinski definition) is 2. The molecule has 9 heteroatoms. The summed E-state index contributed by atoms with van der Waals surface area (Å²) in [5, 5.41) is 5.39. The van der Waals surface area contributed by atoms with E-state index in [0.717, 1.165) is 54.4 Å². The zero-order chi connectivity index (χ0) is 29.9. The Morgan fingerprint density at radius 1 is 0.929 bits per heavy atom. The van der Waals surface area contributed by atoms with Crippen molar-refractivity contribution >= 4 is 29.1 Å². The van der Waals surface area contributed by atoms with Crippen LogP contribution in [0.25, 0.3) is 0 Å². The number of amides is 3. The highest BCUT2D eigenvalue weighted by Gasteiger charge is 2.39. The molecule has 218 valence electrons. The zero-order valence-corrected chi connectivity index (χ0v) is 23.8. The van der Waals surface area contributed by atoms with Crippen LogP contribution in [-0.2, 0) is 11.2 Å². The molecule has 3 aromatic carbocycles. The number of halogens is 2. The van der Waals surface area contributed by atoms with Gasteiger partial charge in [0.05, 0.1) is 5.69 Å². The summed E-state index contributed by atoms with van der Waals surface area (Å²) in [6.07, 6.45) is 5.11. The second kappa shape index (κ2) is 12.2. The molecule has 0 saturated carbocycles. The third-order valence-electron chi connectivity index (χ3n) is 7.98. The molecule has 3 aromatic rings. The van der Waals surface area contributed by atoms with E-state index in [9.17, 15) is 23.2 Å². The van der Waals surface area contributed by atoms with Gasteiger partial charge in [0.2, 0.25) is 5.91 Å². The summed E-state index contributed by atoms with van der Waals surface area (Å²) < 4.78 is 27.5. The first kappa shape index (κ1) is 29.1. The minimum atomic E-state index is -0.747. The van der Waals surface area contributed by atoms with Gasteiger partial charge in [-0.15, -0.1) is 0 Å². The number of benzene rings is 3. The lowest BCUT2D eigenvalue weighted by atomic mass is 9.79. The van der Waals surface area contributed by atoms with Crippen molar-refractivity contribution < 1.29 is 23.2 Å². The van der Waals surface area contributed by atoms with Crippen LogP contribution in [0, 0.1) is 17.0 Å². The van der Waals surface area contributed by atoms with E-state index in [1.165, 1.54) is 12.1 Å². The maximum atomic E-state index is 14.0. The van der Waals surface area contributed by atoms with Crippen LogP contribution in [0.4, 0.5) is 20.2 Å². The van der Waals surface area contributed by atoms with Gasteiger partial charge in [0.15, 0.2) is 0 Å². The molecular formula is C33H34F2N4O3. The third-order valence-corrected chi connectivity index (χ3v) is 7.98. The largest absolute Gasteiger partial charge is 0.351 e. The number of para-hydroxylation sites is 1. The third kappa shape index (κ3) is 6.41. The maximum Gasteiger partial charge on any atom is 0.258 e. The van der Waals surface area contributed by atoms with Crippen LogP contribution in [0.3, 0.4) is 0 Å². The van der Waals surface area contributed by atoms with Gasteiger partial charge in [-0.3, -0.25) is 14.4 Å². The minimum absolute atomic E-state index is 0.0246. The fourth-order valence-electron chi connectivity index (χ4n) is 5.68. The molecule has 42 heavy (non-hydrogen) atoms. The summed E-state index contributed by atoms with van der Waals surface area (Å²) in [5.74, 6) is -2.26. The van der Waals surface area contributed by atoms with Crippen LogP contribution in [0.5, 0.6) is 0 Å². The van der Waals surface area contributed by atoms with Gasteiger partial charge in [0.1, 0.15) is 11.6 Å². The summed E-state index contributed by atoms with van der Waals surface area (Å²) in [7, 11) is 3.93. The highest BCUT2D eigenvalue weighted by molar-refractivity contribution is 6.08. The van der Waals surface area contributed by atoms with Gasteiger partial charge >= 0.3 is 0 Å². The molecule has 0 aromatic heterocycles. The molecule has 1 spiro atoms. The van der Waals surface area contributed by atoms with Crippen molar-refractivity contribution in [3.63, 3.8) is 0 Å². The number of likely N-dealkylation sites (N-methyl/N-ethyl adjacent to an activating group) is 1. The normalized spacial score (nSPS) is 17.9. The molecule has 1 heterocycles. The summed E-state index contributed by atoms with van der Waals surface area (Å²) in [6, 6.07) is 16.8. The first-order chi connectivity index (χ1) is 20.1. The Bertz CT molecular complexity index is 1540. The summed E-state index contributed by atoms with van der Waals surface area (Å²) in [4.78, 5) is 43.0. The van der Waals surface area contributed by atoms with Crippen molar-refractivity contribution in [3.05, 3.63) is 107 Å². The van der Waals surface area contributed by atoms with Crippen LogP contribution in [0.1, 0.15) is 45.5 Å². The maximum absolute atomic E-state index is 14.0. The molecule has 1 unspecified atom stereocenters. The number of nitrogens with zero attached hydrogens (tertiary/aromatic N) is 2. The lowest BCUT2D eigenvalue weighted by Crippen LogP contribution is -2.33. The van der Waals surface area contributed by atoms with Gasteiger partial charge in [0, 0.05) is 48.1 Å². The van der Waals surface area contributed by atoms with E-state index in [1.807, 2.05) is 43.3 Å². The Balaban J connectivity index is 1.31. The number of allylic oxidation sites excluding steroid dienone is 1.